The van der Waals surface area contributed by atoms with Crippen LogP contribution in [0.4, 0.5) is 5.69 Å². The summed E-state index contributed by atoms with van der Waals surface area (Å²) in [7, 11) is 0. The molecule has 1 aliphatic rings. The summed E-state index contributed by atoms with van der Waals surface area (Å²) in [6.07, 6.45) is 7.55. The molecular formula is C20H22N4O3S. The van der Waals surface area contributed by atoms with Crippen LogP contribution >= 0.6 is 11.3 Å². The average molecular weight is 398 g/mol. The van der Waals surface area contributed by atoms with Crippen molar-refractivity contribution in [1.82, 2.24) is 14.1 Å². The second kappa shape index (κ2) is 7.71. The predicted molar refractivity (Wildman–Crippen MR) is 110 cm³/mol. The molecule has 1 N–H and O–H groups in total. The molecule has 0 radical (unpaired) electrons. The van der Waals surface area contributed by atoms with Gasteiger partial charge in [-0.25, -0.2) is 4.98 Å². The van der Waals surface area contributed by atoms with Gasteiger partial charge in [-0.15, -0.1) is 11.3 Å². The second-order valence-electron chi connectivity index (χ2n) is 6.97. The van der Waals surface area contributed by atoms with Crippen molar-refractivity contribution in [3.63, 3.8) is 0 Å². The molecule has 28 heavy (non-hydrogen) atoms. The van der Waals surface area contributed by atoms with Gasteiger partial charge in [0.1, 0.15) is 4.83 Å². The molecule has 7 nitrogen and oxygen atoms in total. The highest BCUT2D eigenvalue weighted by Gasteiger charge is 2.20. The van der Waals surface area contributed by atoms with Gasteiger partial charge in [0.15, 0.2) is 0 Å². The summed E-state index contributed by atoms with van der Waals surface area (Å²) in [4.78, 5) is 43.4. The van der Waals surface area contributed by atoms with Crippen molar-refractivity contribution in [2.24, 2.45) is 0 Å². The number of thiophene rings is 1. The van der Waals surface area contributed by atoms with Crippen LogP contribution in [0.15, 0.2) is 34.2 Å². The molecule has 0 aliphatic heterocycles. The minimum Gasteiger partial charge on any atom is -0.325 e. The van der Waals surface area contributed by atoms with Crippen molar-refractivity contribution >= 4 is 33.1 Å². The normalized spacial score (nSPS) is 13.5. The fourth-order valence-corrected chi connectivity index (χ4v) is 4.86. The Labute approximate surface area is 165 Å². The van der Waals surface area contributed by atoms with Crippen LogP contribution in [-0.2, 0) is 30.7 Å². The lowest BCUT2D eigenvalue weighted by atomic mass is 9.97. The number of fused-ring (bicyclic) bond motifs is 3. The van der Waals surface area contributed by atoms with Gasteiger partial charge in [0.2, 0.25) is 5.91 Å². The number of hydrogen-bond donors (Lipinski definition) is 1. The van der Waals surface area contributed by atoms with Gasteiger partial charge >= 0.3 is 0 Å². The maximum Gasteiger partial charge on any atom is 0.262 e. The molecule has 0 bridgehead atoms. The van der Waals surface area contributed by atoms with Crippen molar-refractivity contribution in [2.45, 2.75) is 52.1 Å². The van der Waals surface area contributed by atoms with Crippen LogP contribution in [0.3, 0.4) is 0 Å². The third-order valence-corrected chi connectivity index (χ3v) is 6.33. The van der Waals surface area contributed by atoms with Gasteiger partial charge in [0.05, 0.1) is 17.4 Å². The molecule has 3 aromatic rings. The van der Waals surface area contributed by atoms with Crippen molar-refractivity contribution in [3.8, 4) is 0 Å². The van der Waals surface area contributed by atoms with Crippen LogP contribution in [0.1, 0.15) is 36.6 Å². The Bertz CT molecular complexity index is 1160. The van der Waals surface area contributed by atoms with E-state index in [0.29, 0.717) is 12.2 Å². The maximum atomic E-state index is 12.9. The molecule has 8 heteroatoms. The predicted octanol–water partition coefficient (Wildman–Crippen LogP) is 2.55. The highest BCUT2D eigenvalue weighted by atomic mass is 32.1. The monoisotopic (exact) mass is 398 g/mol. The number of amides is 1. The van der Waals surface area contributed by atoms with E-state index in [-0.39, 0.29) is 30.0 Å². The van der Waals surface area contributed by atoms with E-state index in [0.717, 1.165) is 35.0 Å². The van der Waals surface area contributed by atoms with Crippen LogP contribution in [0, 0.1) is 0 Å². The zero-order valence-electron chi connectivity index (χ0n) is 15.7. The SMILES string of the molecule is CCn1cc(NC(=O)CCn2cnc3sc4c(c3c2=O)CCCC4)ccc1=O. The molecule has 0 saturated carbocycles. The summed E-state index contributed by atoms with van der Waals surface area (Å²) < 4.78 is 3.05. The van der Waals surface area contributed by atoms with Crippen molar-refractivity contribution in [2.75, 3.05) is 5.32 Å². The fraction of sp³-hybridized carbons (Fsp3) is 0.400. The van der Waals surface area contributed by atoms with Crippen LogP contribution in [0.2, 0.25) is 0 Å². The van der Waals surface area contributed by atoms with Gasteiger partial charge < -0.3 is 9.88 Å². The van der Waals surface area contributed by atoms with E-state index in [4.69, 9.17) is 0 Å². The molecule has 3 aromatic heterocycles. The molecule has 0 saturated heterocycles. The smallest absolute Gasteiger partial charge is 0.262 e. The van der Waals surface area contributed by atoms with E-state index in [1.807, 2.05) is 6.92 Å². The quantitative estimate of drug-likeness (QED) is 0.716. The van der Waals surface area contributed by atoms with Gasteiger partial charge in [-0.1, -0.05) is 0 Å². The summed E-state index contributed by atoms with van der Waals surface area (Å²) in [5.74, 6) is -0.208. The van der Waals surface area contributed by atoms with Crippen LogP contribution < -0.4 is 16.4 Å². The van der Waals surface area contributed by atoms with Crippen LogP contribution in [0.25, 0.3) is 10.2 Å². The van der Waals surface area contributed by atoms with Gasteiger partial charge in [-0.2, -0.15) is 0 Å². The van der Waals surface area contributed by atoms with E-state index < -0.39 is 0 Å². The number of aryl methyl sites for hydroxylation is 4. The van der Waals surface area contributed by atoms with Crippen molar-refractivity contribution < 1.29 is 4.79 Å². The number of hydrogen-bond acceptors (Lipinski definition) is 5. The minimum atomic E-state index is -0.208. The number of carbonyl (C=O) groups excluding carboxylic acids is 1. The number of carbonyl (C=O) groups is 1. The molecule has 0 spiro atoms. The first kappa shape index (κ1) is 18.6. The van der Waals surface area contributed by atoms with Gasteiger partial charge in [-0.05, 0) is 44.2 Å². The lowest BCUT2D eigenvalue weighted by Crippen LogP contribution is -2.24. The van der Waals surface area contributed by atoms with E-state index in [1.54, 1.807) is 23.6 Å². The van der Waals surface area contributed by atoms with E-state index in [2.05, 4.69) is 10.3 Å². The van der Waals surface area contributed by atoms with Crippen LogP contribution in [0.5, 0.6) is 0 Å². The summed E-state index contributed by atoms with van der Waals surface area (Å²) in [5.41, 5.74) is 1.56. The number of anilines is 1. The van der Waals surface area contributed by atoms with E-state index >= 15 is 0 Å². The molecule has 3 heterocycles. The summed E-state index contributed by atoms with van der Waals surface area (Å²) in [6, 6.07) is 3.02. The van der Waals surface area contributed by atoms with Gasteiger partial charge in [0.25, 0.3) is 11.1 Å². The average Bonchev–Trinajstić information content (AvgIpc) is 3.08. The Morgan fingerprint density at radius 1 is 1.21 bits per heavy atom. The summed E-state index contributed by atoms with van der Waals surface area (Å²) >= 11 is 1.62. The molecule has 1 aliphatic carbocycles. The standard InChI is InChI=1S/C20H22N4O3S/c1-2-23-11-13(7-8-17(23)26)22-16(25)9-10-24-12-21-19-18(20(24)27)14-5-3-4-6-15(14)28-19/h7-8,11-12H,2-6,9-10H2,1H3,(H,22,25). The molecule has 1 amide bonds. The first-order chi connectivity index (χ1) is 13.6. The second-order valence-corrected chi connectivity index (χ2v) is 8.06. The van der Waals surface area contributed by atoms with Crippen molar-refractivity contribution in [1.29, 1.82) is 0 Å². The van der Waals surface area contributed by atoms with Crippen LogP contribution in [-0.4, -0.2) is 20.0 Å². The van der Waals surface area contributed by atoms with Crippen molar-refractivity contribution in [3.05, 3.63) is 55.8 Å². The number of aromatic nitrogens is 3. The molecule has 146 valence electrons. The fourth-order valence-electron chi connectivity index (χ4n) is 3.64. The Kier molecular flexibility index (Phi) is 5.13. The molecule has 0 aromatic carbocycles. The Balaban J connectivity index is 1.49. The molecular weight excluding hydrogens is 376 g/mol. The minimum absolute atomic E-state index is 0.0586. The van der Waals surface area contributed by atoms with E-state index in [1.165, 1.54) is 32.8 Å². The maximum absolute atomic E-state index is 12.9. The molecule has 0 unspecified atom stereocenters. The number of rotatable bonds is 5. The number of pyridine rings is 1. The summed E-state index contributed by atoms with van der Waals surface area (Å²) in [6.45, 7) is 2.67. The van der Waals surface area contributed by atoms with Gasteiger partial charge in [0, 0.05) is 36.7 Å². The highest BCUT2D eigenvalue weighted by molar-refractivity contribution is 7.18. The zero-order chi connectivity index (χ0) is 19.7. The first-order valence-corrected chi connectivity index (χ1v) is 10.4. The third kappa shape index (κ3) is 3.52. The largest absolute Gasteiger partial charge is 0.325 e. The molecule has 4 rings (SSSR count). The van der Waals surface area contributed by atoms with E-state index in [9.17, 15) is 14.4 Å². The zero-order valence-corrected chi connectivity index (χ0v) is 16.6. The molecule has 0 fully saturated rings. The first-order valence-electron chi connectivity index (χ1n) is 9.57. The Hall–Kier alpha value is -2.74. The lowest BCUT2D eigenvalue weighted by molar-refractivity contribution is -0.116. The van der Waals surface area contributed by atoms with Gasteiger partial charge in [-0.3, -0.25) is 19.0 Å². The number of nitrogens with zero attached hydrogens (tertiary/aromatic N) is 3. The lowest BCUT2D eigenvalue weighted by Gasteiger charge is -2.11. The third-order valence-electron chi connectivity index (χ3n) is 5.13. The molecule has 0 atom stereocenters. The highest BCUT2D eigenvalue weighted by Crippen LogP contribution is 2.33. The Morgan fingerprint density at radius 3 is 2.86 bits per heavy atom. The topological polar surface area (TPSA) is 86.0 Å². The number of nitrogens with one attached hydrogen (secondary N) is 1. The summed E-state index contributed by atoms with van der Waals surface area (Å²) in [5, 5.41) is 3.52. The Morgan fingerprint density at radius 2 is 2.04 bits per heavy atom.